The number of nitrogens with zero attached hydrogens (tertiary/aromatic N) is 2. The van der Waals surface area contributed by atoms with Gasteiger partial charge in [-0.25, -0.2) is 0 Å². The summed E-state index contributed by atoms with van der Waals surface area (Å²) in [5, 5.41) is 9.51. The molecule has 0 aromatic carbocycles. The van der Waals surface area contributed by atoms with E-state index < -0.39 is 0 Å². The van der Waals surface area contributed by atoms with Gasteiger partial charge in [0.1, 0.15) is 0 Å². The van der Waals surface area contributed by atoms with E-state index in [0.717, 1.165) is 25.9 Å². The number of hydrogen-bond acceptors (Lipinski definition) is 4. The van der Waals surface area contributed by atoms with Gasteiger partial charge in [0.05, 0.1) is 6.10 Å². The van der Waals surface area contributed by atoms with Crippen LogP contribution >= 0.6 is 0 Å². The van der Waals surface area contributed by atoms with Gasteiger partial charge in [-0.1, -0.05) is 6.07 Å². The third-order valence-corrected chi connectivity index (χ3v) is 3.43. The zero-order valence-electron chi connectivity index (χ0n) is 10.1. The fourth-order valence-electron chi connectivity index (χ4n) is 2.40. The highest BCUT2D eigenvalue weighted by Crippen LogP contribution is 2.26. The SMILES string of the molecule is NCC(O)CN1CCC(c2ccccn2)CC1. The minimum atomic E-state index is -0.388. The second-order valence-electron chi connectivity index (χ2n) is 4.72. The van der Waals surface area contributed by atoms with E-state index in [4.69, 9.17) is 5.73 Å². The number of likely N-dealkylation sites (tertiary alicyclic amines) is 1. The Kier molecular flexibility index (Phi) is 4.48. The van der Waals surface area contributed by atoms with Gasteiger partial charge < -0.3 is 15.7 Å². The van der Waals surface area contributed by atoms with Crippen molar-refractivity contribution in [1.29, 1.82) is 0 Å². The maximum atomic E-state index is 9.51. The highest BCUT2D eigenvalue weighted by Gasteiger charge is 2.22. The normalized spacial score (nSPS) is 20.4. The number of aliphatic hydroxyl groups is 1. The molecule has 0 aliphatic carbocycles. The molecular weight excluding hydrogens is 214 g/mol. The first kappa shape index (κ1) is 12.5. The largest absolute Gasteiger partial charge is 0.390 e. The molecule has 3 N–H and O–H groups in total. The van der Waals surface area contributed by atoms with Crippen LogP contribution in [-0.2, 0) is 0 Å². The number of aromatic nitrogens is 1. The van der Waals surface area contributed by atoms with E-state index in [2.05, 4.69) is 16.0 Å². The van der Waals surface area contributed by atoms with Gasteiger partial charge >= 0.3 is 0 Å². The molecule has 4 heteroatoms. The molecule has 1 atom stereocenters. The lowest BCUT2D eigenvalue weighted by Crippen LogP contribution is -2.40. The van der Waals surface area contributed by atoms with Crippen molar-refractivity contribution in [3.8, 4) is 0 Å². The second-order valence-corrected chi connectivity index (χ2v) is 4.72. The lowest BCUT2D eigenvalue weighted by atomic mass is 9.93. The summed E-state index contributed by atoms with van der Waals surface area (Å²) >= 11 is 0. The molecule has 0 bridgehead atoms. The van der Waals surface area contributed by atoms with E-state index in [1.165, 1.54) is 5.69 Å². The number of rotatable bonds is 4. The molecule has 0 saturated carbocycles. The van der Waals surface area contributed by atoms with Gasteiger partial charge in [0.2, 0.25) is 0 Å². The Bertz CT molecular complexity index is 323. The van der Waals surface area contributed by atoms with Crippen LogP contribution in [0.3, 0.4) is 0 Å². The quantitative estimate of drug-likeness (QED) is 0.801. The predicted molar refractivity (Wildman–Crippen MR) is 67.7 cm³/mol. The van der Waals surface area contributed by atoms with Gasteiger partial charge in [-0.15, -0.1) is 0 Å². The molecule has 1 aromatic rings. The maximum absolute atomic E-state index is 9.51. The van der Waals surface area contributed by atoms with Crippen LogP contribution in [0.1, 0.15) is 24.5 Å². The molecule has 1 fully saturated rings. The molecule has 0 spiro atoms. The summed E-state index contributed by atoms with van der Waals surface area (Å²) in [5.41, 5.74) is 6.62. The minimum Gasteiger partial charge on any atom is -0.390 e. The topological polar surface area (TPSA) is 62.4 Å². The monoisotopic (exact) mass is 235 g/mol. The van der Waals surface area contributed by atoms with Crippen LogP contribution in [0.5, 0.6) is 0 Å². The first-order chi connectivity index (χ1) is 8.29. The zero-order chi connectivity index (χ0) is 12.1. The Hall–Kier alpha value is -0.970. The zero-order valence-corrected chi connectivity index (χ0v) is 10.1. The van der Waals surface area contributed by atoms with Crippen LogP contribution in [0.2, 0.25) is 0 Å². The Labute approximate surface area is 102 Å². The van der Waals surface area contributed by atoms with Gasteiger partial charge in [-0.3, -0.25) is 4.98 Å². The Balaban J connectivity index is 1.82. The van der Waals surface area contributed by atoms with Crippen molar-refractivity contribution in [2.24, 2.45) is 5.73 Å². The fourth-order valence-corrected chi connectivity index (χ4v) is 2.40. The van der Waals surface area contributed by atoms with Gasteiger partial charge in [0.15, 0.2) is 0 Å². The van der Waals surface area contributed by atoms with Crippen molar-refractivity contribution < 1.29 is 5.11 Å². The summed E-state index contributed by atoms with van der Waals surface area (Å²) in [6.45, 7) is 3.10. The van der Waals surface area contributed by atoms with Crippen LogP contribution in [0.25, 0.3) is 0 Å². The minimum absolute atomic E-state index is 0.347. The lowest BCUT2D eigenvalue weighted by molar-refractivity contribution is 0.102. The Morgan fingerprint density at radius 3 is 2.76 bits per heavy atom. The molecular formula is C13H21N3O. The second kappa shape index (κ2) is 6.10. The molecule has 1 aliphatic heterocycles. The molecule has 0 amide bonds. The number of hydrogen-bond donors (Lipinski definition) is 2. The van der Waals surface area contributed by atoms with Crippen molar-refractivity contribution in [2.75, 3.05) is 26.2 Å². The van der Waals surface area contributed by atoms with Gasteiger partial charge in [0, 0.05) is 30.9 Å². The highest BCUT2D eigenvalue weighted by atomic mass is 16.3. The first-order valence-corrected chi connectivity index (χ1v) is 6.31. The average Bonchev–Trinajstić information content (AvgIpc) is 2.40. The number of β-amino-alcohol motifs (C(OH)–C–C–N with tert-alkyl or cyclic N) is 1. The Morgan fingerprint density at radius 1 is 1.41 bits per heavy atom. The molecule has 1 aromatic heterocycles. The van der Waals surface area contributed by atoms with Gasteiger partial charge in [-0.2, -0.15) is 0 Å². The summed E-state index contributed by atoms with van der Waals surface area (Å²) in [4.78, 5) is 6.71. The average molecular weight is 235 g/mol. The van der Waals surface area contributed by atoms with E-state index in [1.807, 2.05) is 18.3 Å². The van der Waals surface area contributed by atoms with Crippen molar-refractivity contribution in [2.45, 2.75) is 24.9 Å². The van der Waals surface area contributed by atoms with Crippen molar-refractivity contribution in [1.82, 2.24) is 9.88 Å². The van der Waals surface area contributed by atoms with E-state index in [9.17, 15) is 5.11 Å². The summed E-state index contributed by atoms with van der Waals surface area (Å²) in [7, 11) is 0. The number of aliphatic hydroxyl groups excluding tert-OH is 1. The number of pyridine rings is 1. The molecule has 2 heterocycles. The third kappa shape index (κ3) is 3.49. The van der Waals surface area contributed by atoms with Crippen LogP contribution in [0.15, 0.2) is 24.4 Å². The molecule has 94 valence electrons. The number of nitrogens with two attached hydrogens (primary N) is 1. The smallest absolute Gasteiger partial charge is 0.0789 e. The summed E-state index contributed by atoms with van der Waals surface area (Å²) in [6.07, 6.45) is 3.71. The van der Waals surface area contributed by atoms with E-state index in [1.54, 1.807) is 0 Å². The van der Waals surface area contributed by atoms with Gasteiger partial charge in [0.25, 0.3) is 0 Å². The summed E-state index contributed by atoms with van der Waals surface area (Å²) < 4.78 is 0. The van der Waals surface area contributed by atoms with Crippen molar-refractivity contribution in [3.05, 3.63) is 30.1 Å². The predicted octanol–water partition coefficient (Wildman–Crippen LogP) is 0.581. The van der Waals surface area contributed by atoms with Crippen LogP contribution in [-0.4, -0.2) is 47.3 Å². The maximum Gasteiger partial charge on any atom is 0.0789 e. The van der Waals surface area contributed by atoms with E-state index >= 15 is 0 Å². The van der Waals surface area contributed by atoms with Crippen molar-refractivity contribution in [3.63, 3.8) is 0 Å². The molecule has 17 heavy (non-hydrogen) atoms. The first-order valence-electron chi connectivity index (χ1n) is 6.31. The van der Waals surface area contributed by atoms with E-state index in [0.29, 0.717) is 19.0 Å². The molecule has 1 saturated heterocycles. The molecule has 2 rings (SSSR count). The van der Waals surface area contributed by atoms with Gasteiger partial charge in [-0.05, 0) is 38.1 Å². The van der Waals surface area contributed by atoms with Crippen LogP contribution in [0, 0.1) is 0 Å². The molecule has 1 aliphatic rings. The standard InChI is InChI=1S/C13H21N3O/c14-9-12(17)10-16-7-4-11(5-8-16)13-3-1-2-6-15-13/h1-3,6,11-12,17H,4-5,7-10,14H2. The van der Waals surface area contributed by atoms with Crippen LogP contribution in [0.4, 0.5) is 0 Å². The molecule has 1 unspecified atom stereocenters. The molecule has 0 radical (unpaired) electrons. The lowest BCUT2D eigenvalue weighted by Gasteiger charge is -2.32. The Morgan fingerprint density at radius 2 is 2.18 bits per heavy atom. The molecule has 4 nitrogen and oxygen atoms in total. The van der Waals surface area contributed by atoms with Crippen molar-refractivity contribution >= 4 is 0 Å². The van der Waals surface area contributed by atoms with E-state index in [-0.39, 0.29) is 6.10 Å². The highest BCUT2D eigenvalue weighted by molar-refractivity contribution is 5.10. The third-order valence-electron chi connectivity index (χ3n) is 3.43. The summed E-state index contributed by atoms with van der Waals surface area (Å²) in [5.74, 6) is 0.572. The number of piperidine rings is 1. The van der Waals surface area contributed by atoms with Crippen LogP contribution < -0.4 is 5.73 Å². The fraction of sp³-hybridized carbons (Fsp3) is 0.615. The summed E-state index contributed by atoms with van der Waals surface area (Å²) in [6, 6.07) is 6.11.